The maximum Gasteiger partial charge on any atom is 0.244 e. The Morgan fingerprint density at radius 1 is 0.913 bits per heavy atom. The summed E-state index contributed by atoms with van der Waals surface area (Å²) in [6.45, 7) is 8.19. The van der Waals surface area contributed by atoms with Crippen LogP contribution < -0.4 is 17.0 Å². The molecule has 3 aromatic rings. The summed E-state index contributed by atoms with van der Waals surface area (Å²) in [7, 11) is -1.14. The Hall–Kier alpha value is -1.62. The Morgan fingerprint density at radius 2 is 1.52 bits per heavy atom. The van der Waals surface area contributed by atoms with E-state index in [-0.39, 0.29) is 17.9 Å². The molecule has 0 fully saturated rings. The van der Waals surface area contributed by atoms with Gasteiger partial charge >= 0.3 is 0 Å². The van der Waals surface area contributed by atoms with Crippen molar-refractivity contribution in [3.63, 3.8) is 0 Å². The van der Waals surface area contributed by atoms with E-state index >= 15 is 0 Å². The van der Waals surface area contributed by atoms with Crippen molar-refractivity contribution in [2.24, 2.45) is 0 Å². The van der Waals surface area contributed by atoms with Crippen LogP contribution in [0.4, 0.5) is 0 Å². The molecule has 0 aliphatic heterocycles. The second-order valence-corrected chi connectivity index (χ2v) is 12.3. The van der Waals surface area contributed by atoms with E-state index in [1.807, 2.05) is 0 Å². The fraction of sp³-hybridized carbons (Fsp3) is 0.278. The van der Waals surface area contributed by atoms with Crippen LogP contribution in [-0.4, -0.2) is 18.1 Å². The molecule has 5 heteroatoms. The molecule has 0 radical (unpaired) electrons. The van der Waals surface area contributed by atoms with Crippen LogP contribution >= 0.6 is 0 Å². The Labute approximate surface area is 145 Å². The van der Waals surface area contributed by atoms with Gasteiger partial charge in [0.15, 0.2) is 11.0 Å². The third-order valence-corrected chi connectivity index (χ3v) is 4.91. The van der Waals surface area contributed by atoms with E-state index < -0.39 is 8.07 Å². The molecule has 0 amide bonds. The molecule has 0 saturated heterocycles. The van der Waals surface area contributed by atoms with Crippen LogP contribution in [0.1, 0.15) is 5.56 Å². The second-order valence-electron chi connectivity index (χ2n) is 6.91. The van der Waals surface area contributed by atoms with Crippen molar-refractivity contribution in [1.82, 2.24) is 4.57 Å². The van der Waals surface area contributed by atoms with Crippen molar-refractivity contribution < 1.29 is 22.5 Å². The first-order valence-corrected chi connectivity index (χ1v) is 11.2. The number of aromatic nitrogens is 2. The highest BCUT2D eigenvalue weighted by molar-refractivity contribution is 6.75. The molecule has 3 nitrogen and oxygen atoms in total. The fourth-order valence-corrected chi connectivity index (χ4v) is 4.06. The van der Waals surface area contributed by atoms with Gasteiger partial charge in [-0.05, 0) is 17.7 Å². The van der Waals surface area contributed by atoms with Crippen LogP contribution in [0.5, 0.6) is 0 Å². The molecular weight excluding hydrogens is 324 g/mol. The van der Waals surface area contributed by atoms with Crippen LogP contribution in [-0.2, 0) is 12.7 Å². The number of fused-ring (bicyclic) bond motifs is 1. The summed E-state index contributed by atoms with van der Waals surface area (Å²) in [4.78, 5) is 0. The van der Waals surface area contributed by atoms with Crippen LogP contribution in [0.2, 0.25) is 19.6 Å². The van der Waals surface area contributed by atoms with Gasteiger partial charge in [-0.1, -0.05) is 62.1 Å². The number of hydrogen-bond donors (Lipinski definition) is 0. The van der Waals surface area contributed by atoms with Crippen molar-refractivity contribution in [2.45, 2.75) is 32.4 Å². The molecule has 124 valence electrons. The Kier molecular flexibility index (Phi) is 6.56. The average Bonchev–Trinajstić information content (AvgIpc) is 2.77. The highest BCUT2D eigenvalue weighted by atomic mass is 35.5. The first kappa shape index (κ1) is 19.4. The molecule has 2 aromatic carbocycles. The Balaban J connectivity index is 0.00000132. The lowest BCUT2D eigenvalue weighted by Crippen LogP contribution is -3.00. The molecule has 1 aromatic heterocycles. The zero-order valence-corrected chi connectivity index (χ0v) is 15.7. The van der Waals surface area contributed by atoms with E-state index in [1.54, 1.807) is 0 Å². The topological polar surface area (TPSA) is 40.3 Å². The highest BCUT2D eigenvalue weighted by Crippen LogP contribution is 2.15. The van der Waals surface area contributed by atoms with Crippen molar-refractivity contribution in [3.05, 3.63) is 66.5 Å². The molecule has 0 bridgehead atoms. The number of imidazole rings is 1. The minimum atomic E-state index is -1.14. The molecule has 2 N–H and O–H groups in total. The zero-order chi connectivity index (χ0) is 14.9. The second kappa shape index (κ2) is 7.77. The summed E-state index contributed by atoms with van der Waals surface area (Å²) in [5.41, 5.74) is 4.01. The molecule has 0 spiro atoms. The maximum absolute atomic E-state index is 2.44. The lowest BCUT2D eigenvalue weighted by Gasteiger charge is -2.12. The van der Waals surface area contributed by atoms with E-state index in [9.17, 15) is 0 Å². The Bertz CT molecular complexity index is 751. The fourth-order valence-electron chi connectivity index (χ4n) is 2.79. The minimum absolute atomic E-state index is 0. The standard InChI is InChI=1S/C18H23N2Si.ClH.H2O/c1-21(2,3)15-20-14-19(13-16-9-5-4-6-10-16)17-11-7-8-12-18(17)20;;/h4-12,14H,13,15H2,1-3H3;1H;1H2/q+1;;/p-1. The van der Waals surface area contributed by atoms with Gasteiger partial charge in [-0.25, -0.2) is 9.13 Å². The van der Waals surface area contributed by atoms with Gasteiger partial charge in [-0.3, -0.25) is 0 Å². The molecule has 1 heterocycles. The molecule has 3 rings (SSSR count). The number of para-hydroxylation sites is 2. The summed E-state index contributed by atoms with van der Waals surface area (Å²) in [6, 6.07) is 19.4. The molecule has 0 atom stereocenters. The average molecular weight is 349 g/mol. The summed E-state index contributed by atoms with van der Waals surface area (Å²) in [5, 5.41) is 0. The first-order valence-electron chi connectivity index (χ1n) is 7.54. The molecule has 23 heavy (non-hydrogen) atoms. The highest BCUT2D eigenvalue weighted by Gasteiger charge is 2.22. The van der Waals surface area contributed by atoms with Gasteiger partial charge in [-0.2, -0.15) is 0 Å². The number of halogens is 1. The van der Waals surface area contributed by atoms with Gasteiger partial charge in [0.2, 0.25) is 6.33 Å². The van der Waals surface area contributed by atoms with E-state index in [0.717, 1.165) is 12.7 Å². The van der Waals surface area contributed by atoms with Crippen LogP contribution in [0.3, 0.4) is 0 Å². The molecule has 0 saturated carbocycles. The SMILES string of the molecule is C[Si](C)(C)Cn1c[n+](Cc2ccccc2)c2ccccc21.O.[Cl-]. The van der Waals surface area contributed by atoms with Gasteiger partial charge in [0.25, 0.3) is 0 Å². The largest absolute Gasteiger partial charge is 1.00 e. The van der Waals surface area contributed by atoms with Crippen molar-refractivity contribution in [3.8, 4) is 0 Å². The first-order chi connectivity index (χ1) is 10.0. The summed E-state index contributed by atoms with van der Waals surface area (Å²) >= 11 is 0. The molecule has 0 aliphatic carbocycles. The number of benzene rings is 2. The van der Waals surface area contributed by atoms with Crippen molar-refractivity contribution in [1.29, 1.82) is 0 Å². The van der Waals surface area contributed by atoms with Crippen LogP contribution in [0.15, 0.2) is 60.9 Å². The predicted molar refractivity (Wildman–Crippen MR) is 94.6 cm³/mol. The smallest absolute Gasteiger partial charge is 0.244 e. The number of hydrogen-bond acceptors (Lipinski definition) is 0. The number of nitrogens with zero attached hydrogens (tertiary/aromatic N) is 2. The van der Waals surface area contributed by atoms with Crippen molar-refractivity contribution in [2.75, 3.05) is 0 Å². The minimum Gasteiger partial charge on any atom is -1.00 e. The predicted octanol–water partition coefficient (Wildman–Crippen LogP) is 0.0338. The Morgan fingerprint density at radius 3 is 2.17 bits per heavy atom. The van der Waals surface area contributed by atoms with E-state index in [2.05, 4.69) is 89.7 Å². The van der Waals surface area contributed by atoms with E-state index in [0.29, 0.717) is 0 Å². The lowest BCUT2D eigenvalue weighted by molar-refractivity contribution is -0.663. The lowest BCUT2D eigenvalue weighted by atomic mass is 10.2. The summed E-state index contributed by atoms with van der Waals surface area (Å²) < 4.78 is 4.80. The summed E-state index contributed by atoms with van der Waals surface area (Å²) in [5.74, 6) is 0. The van der Waals surface area contributed by atoms with Gasteiger partial charge in [0.1, 0.15) is 6.54 Å². The van der Waals surface area contributed by atoms with Crippen LogP contribution in [0, 0.1) is 0 Å². The molecule has 0 unspecified atom stereocenters. The van der Waals surface area contributed by atoms with E-state index in [4.69, 9.17) is 0 Å². The monoisotopic (exact) mass is 348 g/mol. The zero-order valence-electron chi connectivity index (χ0n) is 14.0. The molecule has 0 aliphatic rings. The maximum atomic E-state index is 2.44. The van der Waals surface area contributed by atoms with Gasteiger partial charge in [-0.15, -0.1) is 0 Å². The third kappa shape index (κ3) is 4.67. The van der Waals surface area contributed by atoms with E-state index in [1.165, 1.54) is 16.6 Å². The summed E-state index contributed by atoms with van der Waals surface area (Å²) in [6.07, 6.45) is 3.45. The van der Waals surface area contributed by atoms with Gasteiger partial charge < -0.3 is 17.9 Å². The van der Waals surface area contributed by atoms with Gasteiger partial charge in [0, 0.05) is 0 Å². The van der Waals surface area contributed by atoms with Crippen LogP contribution in [0.25, 0.3) is 11.0 Å². The normalized spacial score (nSPS) is 10.9. The third-order valence-electron chi connectivity index (χ3n) is 3.62. The van der Waals surface area contributed by atoms with Crippen molar-refractivity contribution >= 4 is 19.1 Å². The number of rotatable bonds is 4. The quantitative estimate of drug-likeness (QED) is 0.471. The molecular formula is C18H25ClN2OSi. The van der Waals surface area contributed by atoms with Gasteiger partial charge in [0.05, 0.1) is 14.2 Å².